The Balaban J connectivity index is 2.37. The molecule has 90 valence electrons. The van der Waals surface area contributed by atoms with E-state index in [0.717, 1.165) is 6.42 Å². The van der Waals surface area contributed by atoms with Crippen molar-refractivity contribution in [1.29, 1.82) is 0 Å². The highest BCUT2D eigenvalue weighted by molar-refractivity contribution is 6.20. The maximum absolute atomic E-state index is 12.6. The summed E-state index contributed by atoms with van der Waals surface area (Å²) in [6, 6.07) is 2.98. The molecule has 1 atom stereocenters. The summed E-state index contributed by atoms with van der Waals surface area (Å²) in [5.41, 5.74) is 0.213. The third-order valence-corrected chi connectivity index (χ3v) is 2.37. The molecule has 1 aromatic heterocycles. The number of hydrogen-bond acceptors (Lipinski definition) is 2. The van der Waals surface area contributed by atoms with Gasteiger partial charge < -0.3 is 5.32 Å². The summed E-state index contributed by atoms with van der Waals surface area (Å²) in [6.07, 6.45) is 2.11. The molecular weight excluding hydrogens is 227 g/mol. The van der Waals surface area contributed by atoms with E-state index in [-0.39, 0.29) is 16.6 Å². The van der Waals surface area contributed by atoms with Crippen molar-refractivity contribution in [3.05, 3.63) is 24.1 Å². The standard InChI is InChI=1S/C12H18ClFN2/c1-12(2,3)6-9(13)7-15-11-5-4-10(14)8-16-11/h4-5,8-9H,6-7H2,1-3H3,(H,15,16). The van der Waals surface area contributed by atoms with Crippen molar-refractivity contribution in [3.8, 4) is 0 Å². The molecule has 1 rings (SSSR count). The van der Waals surface area contributed by atoms with E-state index in [1.807, 2.05) is 0 Å². The molecule has 0 aliphatic carbocycles. The number of halogens is 2. The molecule has 0 aliphatic rings. The van der Waals surface area contributed by atoms with E-state index in [1.54, 1.807) is 6.07 Å². The van der Waals surface area contributed by atoms with Gasteiger partial charge in [-0.2, -0.15) is 0 Å². The summed E-state index contributed by atoms with van der Waals surface area (Å²) in [6.45, 7) is 7.09. The maximum Gasteiger partial charge on any atom is 0.141 e. The predicted octanol–water partition coefficient (Wildman–Crippen LogP) is 3.68. The molecule has 1 heterocycles. The van der Waals surface area contributed by atoms with Gasteiger partial charge in [0, 0.05) is 6.54 Å². The van der Waals surface area contributed by atoms with Crippen molar-refractivity contribution in [2.75, 3.05) is 11.9 Å². The molecule has 0 bridgehead atoms. The molecule has 16 heavy (non-hydrogen) atoms. The molecular formula is C12H18ClFN2. The smallest absolute Gasteiger partial charge is 0.141 e. The lowest BCUT2D eigenvalue weighted by atomic mass is 9.90. The van der Waals surface area contributed by atoms with Crippen LogP contribution in [0.2, 0.25) is 0 Å². The Morgan fingerprint density at radius 2 is 2.12 bits per heavy atom. The first-order chi connectivity index (χ1) is 7.37. The summed E-state index contributed by atoms with van der Waals surface area (Å²) >= 11 is 6.18. The second-order valence-corrected chi connectivity index (χ2v) is 5.72. The van der Waals surface area contributed by atoms with Crippen LogP contribution in [0.15, 0.2) is 18.3 Å². The molecule has 0 saturated carbocycles. The Labute approximate surface area is 101 Å². The fraction of sp³-hybridized carbons (Fsp3) is 0.583. The van der Waals surface area contributed by atoms with Crippen LogP contribution in [0.1, 0.15) is 27.2 Å². The molecule has 0 fully saturated rings. The largest absolute Gasteiger partial charge is 0.369 e. The average Bonchev–Trinajstić information content (AvgIpc) is 2.14. The van der Waals surface area contributed by atoms with Crippen LogP contribution >= 0.6 is 11.6 Å². The lowest BCUT2D eigenvalue weighted by molar-refractivity contribution is 0.373. The fourth-order valence-corrected chi connectivity index (χ4v) is 1.97. The zero-order chi connectivity index (χ0) is 12.2. The number of pyridine rings is 1. The number of hydrogen-bond donors (Lipinski definition) is 1. The zero-order valence-corrected chi connectivity index (χ0v) is 10.7. The highest BCUT2D eigenvalue weighted by atomic mass is 35.5. The minimum Gasteiger partial charge on any atom is -0.369 e. The minimum atomic E-state index is -0.331. The van der Waals surface area contributed by atoms with E-state index >= 15 is 0 Å². The van der Waals surface area contributed by atoms with E-state index in [0.29, 0.717) is 12.4 Å². The molecule has 0 amide bonds. The number of aromatic nitrogens is 1. The fourth-order valence-electron chi connectivity index (χ4n) is 1.43. The number of nitrogens with one attached hydrogen (secondary N) is 1. The number of alkyl halides is 1. The van der Waals surface area contributed by atoms with Crippen LogP contribution in [0.3, 0.4) is 0 Å². The van der Waals surface area contributed by atoms with Crippen LogP contribution in [0.25, 0.3) is 0 Å². The lowest BCUT2D eigenvalue weighted by Gasteiger charge is -2.22. The van der Waals surface area contributed by atoms with Crippen molar-refractivity contribution in [2.24, 2.45) is 5.41 Å². The van der Waals surface area contributed by atoms with Gasteiger partial charge in [0.1, 0.15) is 11.6 Å². The van der Waals surface area contributed by atoms with Gasteiger partial charge in [0.2, 0.25) is 0 Å². The second kappa shape index (κ2) is 5.48. The molecule has 0 aliphatic heterocycles. The van der Waals surface area contributed by atoms with Crippen molar-refractivity contribution in [1.82, 2.24) is 4.98 Å². The normalized spacial score (nSPS) is 13.6. The van der Waals surface area contributed by atoms with Crippen LogP contribution in [-0.4, -0.2) is 16.9 Å². The van der Waals surface area contributed by atoms with Crippen LogP contribution in [0.4, 0.5) is 10.2 Å². The third kappa shape index (κ3) is 5.31. The summed E-state index contributed by atoms with van der Waals surface area (Å²) in [5.74, 6) is 0.323. The van der Waals surface area contributed by atoms with Gasteiger partial charge in [-0.05, 0) is 24.0 Å². The minimum absolute atomic E-state index is 0.0480. The highest BCUT2D eigenvalue weighted by Gasteiger charge is 2.16. The van der Waals surface area contributed by atoms with Gasteiger partial charge in [-0.25, -0.2) is 9.37 Å². The summed E-state index contributed by atoms with van der Waals surface area (Å²) in [5, 5.41) is 3.13. The summed E-state index contributed by atoms with van der Waals surface area (Å²) in [7, 11) is 0. The third-order valence-electron chi connectivity index (χ3n) is 2.07. The highest BCUT2D eigenvalue weighted by Crippen LogP contribution is 2.23. The van der Waals surface area contributed by atoms with Crippen molar-refractivity contribution in [2.45, 2.75) is 32.6 Å². The Morgan fingerprint density at radius 1 is 1.44 bits per heavy atom. The average molecular weight is 245 g/mol. The van der Waals surface area contributed by atoms with Gasteiger partial charge in [-0.1, -0.05) is 20.8 Å². The Bertz CT molecular complexity index is 319. The summed E-state index contributed by atoms with van der Waals surface area (Å²) in [4.78, 5) is 3.90. The van der Waals surface area contributed by atoms with Gasteiger partial charge in [0.25, 0.3) is 0 Å². The zero-order valence-electron chi connectivity index (χ0n) is 9.93. The maximum atomic E-state index is 12.6. The monoisotopic (exact) mass is 244 g/mol. The molecule has 0 saturated heterocycles. The first kappa shape index (κ1) is 13.2. The van der Waals surface area contributed by atoms with E-state index < -0.39 is 0 Å². The molecule has 4 heteroatoms. The molecule has 1 aromatic rings. The molecule has 0 spiro atoms. The number of rotatable bonds is 4. The summed E-state index contributed by atoms with van der Waals surface area (Å²) < 4.78 is 12.6. The van der Waals surface area contributed by atoms with Crippen LogP contribution in [-0.2, 0) is 0 Å². The van der Waals surface area contributed by atoms with E-state index in [4.69, 9.17) is 11.6 Å². The Morgan fingerprint density at radius 3 is 2.62 bits per heavy atom. The molecule has 0 aromatic carbocycles. The quantitative estimate of drug-likeness (QED) is 0.818. The molecule has 2 nitrogen and oxygen atoms in total. The second-order valence-electron chi connectivity index (χ2n) is 5.10. The van der Waals surface area contributed by atoms with Gasteiger partial charge >= 0.3 is 0 Å². The molecule has 1 unspecified atom stereocenters. The number of nitrogens with zero attached hydrogens (tertiary/aromatic N) is 1. The lowest BCUT2D eigenvalue weighted by Crippen LogP contribution is -2.21. The van der Waals surface area contributed by atoms with Crippen molar-refractivity contribution >= 4 is 17.4 Å². The van der Waals surface area contributed by atoms with E-state index in [2.05, 4.69) is 31.1 Å². The topological polar surface area (TPSA) is 24.9 Å². The molecule has 1 N–H and O–H groups in total. The van der Waals surface area contributed by atoms with Gasteiger partial charge in [0.15, 0.2) is 0 Å². The van der Waals surface area contributed by atoms with Gasteiger partial charge in [-0.15, -0.1) is 11.6 Å². The Hall–Kier alpha value is -0.830. The van der Waals surface area contributed by atoms with Crippen LogP contribution < -0.4 is 5.32 Å². The number of anilines is 1. The van der Waals surface area contributed by atoms with E-state index in [1.165, 1.54) is 12.3 Å². The SMILES string of the molecule is CC(C)(C)CC(Cl)CNc1ccc(F)cn1. The van der Waals surface area contributed by atoms with Crippen molar-refractivity contribution in [3.63, 3.8) is 0 Å². The van der Waals surface area contributed by atoms with Crippen molar-refractivity contribution < 1.29 is 4.39 Å². The first-order valence-corrected chi connectivity index (χ1v) is 5.80. The van der Waals surface area contributed by atoms with E-state index in [9.17, 15) is 4.39 Å². The Kier molecular flexibility index (Phi) is 4.54. The molecule has 0 radical (unpaired) electrons. The van der Waals surface area contributed by atoms with Gasteiger partial charge in [-0.3, -0.25) is 0 Å². The predicted molar refractivity (Wildman–Crippen MR) is 66.4 cm³/mol. The van der Waals surface area contributed by atoms with Gasteiger partial charge in [0.05, 0.1) is 11.6 Å². The first-order valence-electron chi connectivity index (χ1n) is 5.36. The van der Waals surface area contributed by atoms with Crippen LogP contribution in [0.5, 0.6) is 0 Å². The van der Waals surface area contributed by atoms with Crippen LogP contribution in [0, 0.1) is 11.2 Å².